The van der Waals surface area contributed by atoms with E-state index < -0.39 is 23.7 Å². The zero-order valence-electron chi connectivity index (χ0n) is 22.0. The highest BCUT2D eigenvalue weighted by Gasteiger charge is 2.34. The molecular formula is C27H27ClF4N6O3. The summed E-state index contributed by atoms with van der Waals surface area (Å²) in [5, 5.41) is 22.4. The van der Waals surface area contributed by atoms with Gasteiger partial charge < -0.3 is 29.9 Å². The molecule has 4 N–H and O–H groups in total. The van der Waals surface area contributed by atoms with Crippen LogP contribution in [0, 0.1) is 11.2 Å². The Bertz CT molecular complexity index is 1490. The van der Waals surface area contributed by atoms with Crippen LogP contribution in [0.3, 0.4) is 0 Å². The number of allylic oxidation sites excluding steroid dienone is 1. The van der Waals surface area contributed by atoms with Crippen molar-refractivity contribution in [3.63, 3.8) is 0 Å². The third-order valence-electron chi connectivity index (χ3n) is 6.56. The first-order chi connectivity index (χ1) is 19.4. The van der Waals surface area contributed by atoms with Crippen molar-refractivity contribution in [2.24, 2.45) is 0 Å². The monoisotopic (exact) mass is 594 g/mol. The number of halogens is 5. The quantitative estimate of drug-likeness (QED) is 0.202. The fraction of sp³-hybridized carbons (Fsp3) is 0.296. The van der Waals surface area contributed by atoms with Gasteiger partial charge in [-0.2, -0.15) is 13.2 Å². The summed E-state index contributed by atoms with van der Waals surface area (Å²) in [7, 11) is 2.90. The van der Waals surface area contributed by atoms with Crippen LogP contribution in [0.15, 0.2) is 54.6 Å². The summed E-state index contributed by atoms with van der Waals surface area (Å²) in [6, 6.07) is 6.76. The first kappa shape index (κ1) is 30.0. The summed E-state index contributed by atoms with van der Waals surface area (Å²) in [5.74, 6) is -0.791. The number of ether oxygens (including phenoxy) is 1. The van der Waals surface area contributed by atoms with E-state index in [1.807, 2.05) is 0 Å². The van der Waals surface area contributed by atoms with Gasteiger partial charge in [0, 0.05) is 56.8 Å². The van der Waals surface area contributed by atoms with E-state index >= 15 is 0 Å². The van der Waals surface area contributed by atoms with Gasteiger partial charge in [-0.25, -0.2) is 9.37 Å². The minimum absolute atomic E-state index is 0.0527. The summed E-state index contributed by atoms with van der Waals surface area (Å²) in [5.41, 5.74) is 0.778. The largest absolute Gasteiger partial charge is 0.432 e. The van der Waals surface area contributed by atoms with Gasteiger partial charge in [0.05, 0.1) is 24.3 Å². The molecular weight excluding hydrogens is 568 g/mol. The molecule has 3 heterocycles. The van der Waals surface area contributed by atoms with E-state index in [-0.39, 0.29) is 42.3 Å². The molecule has 4 rings (SSSR count). The Morgan fingerprint density at radius 1 is 1.29 bits per heavy atom. The van der Waals surface area contributed by atoms with Crippen molar-refractivity contribution in [2.45, 2.75) is 31.9 Å². The maximum absolute atomic E-state index is 14.0. The topological polar surface area (TPSA) is 116 Å². The first-order valence-corrected chi connectivity index (χ1v) is 12.7. The number of aliphatic hydroxyl groups excluding tert-OH is 1. The van der Waals surface area contributed by atoms with Crippen LogP contribution in [0.25, 0.3) is 11.1 Å². The van der Waals surface area contributed by atoms with Gasteiger partial charge in [-0.3, -0.25) is 10.2 Å². The molecule has 1 amide bonds. The Morgan fingerprint density at radius 3 is 2.71 bits per heavy atom. The molecule has 1 aliphatic heterocycles. The molecule has 0 saturated carbocycles. The molecule has 1 aromatic carbocycles. The molecule has 41 heavy (non-hydrogen) atoms. The van der Waals surface area contributed by atoms with Crippen LogP contribution >= 0.6 is 11.6 Å². The summed E-state index contributed by atoms with van der Waals surface area (Å²) in [6.45, 7) is 0.306. The van der Waals surface area contributed by atoms with Crippen molar-refractivity contribution < 1.29 is 32.2 Å². The van der Waals surface area contributed by atoms with E-state index in [9.17, 15) is 27.5 Å². The molecule has 0 bridgehead atoms. The molecule has 0 unspecified atom stereocenters. The lowest BCUT2D eigenvalue weighted by molar-refractivity contribution is -0.0584. The Balaban J connectivity index is 1.66. The number of carbonyl (C=O) groups excluding carboxylic acids is 1. The van der Waals surface area contributed by atoms with E-state index in [4.69, 9.17) is 21.7 Å². The summed E-state index contributed by atoms with van der Waals surface area (Å²) >= 11 is 6.42. The zero-order chi connectivity index (χ0) is 29.9. The smallest absolute Gasteiger partial charge is 0.392 e. The second-order valence-corrected chi connectivity index (χ2v) is 9.68. The van der Waals surface area contributed by atoms with Crippen molar-refractivity contribution in [3.8, 4) is 11.1 Å². The number of hydrogen-bond donors (Lipinski definition) is 4. The van der Waals surface area contributed by atoms with Gasteiger partial charge in [0.2, 0.25) is 0 Å². The van der Waals surface area contributed by atoms with Crippen LogP contribution in [-0.4, -0.2) is 64.2 Å². The molecule has 0 spiro atoms. The van der Waals surface area contributed by atoms with E-state index in [0.717, 1.165) is 0 Å². The molecule has 3 aromatic rings. The molecule has 0 radical (unpaired) electrons. The molecule has 1 aliphatic rings. The maximum Gasteiger partial charge on any atom is 0.432 e. The molecule has 0 saturated heterocycles. The van der Waals surface area contributed by atoms with Crippen molar-refractivity contribution in [1.82, 2.24) is 19.8 Å². The number of alkyl halides is 3. The summed E-state index contributed by atoms with van der Waals surface area (Å²) in [6.07, 6.45) is -1.17. The van der Waals surface area contributed by atoms with Gasteiger partial charge in [0.25, 0.3) is 5.91 Å². The van der Waals surface area contributed by atoms with Crippen molar-refractivity contribution >= 4 is 29.0 Å². The van der Waals surface area contributed by atoms with Gasteiger partial charge in [0.15, 0.2) is 0 Å². The minimum Gasteiger partial charge on any atom is -0.392 e. The number of amides is 1. The number of carbonyl (C=O) groups is 1. The van der Waals surface area contributed by atoms with Crippen LogP contribution in [0.2, 0.25) is 5.02 Å². The molecule has 0 aliphatic carbocycles. The van der Waals surface area contributed by atoms with E-state index in [0.29, 0.717) is 40.6 Å². The number of rotatable bonds is 10. The number of anilines is 1. The lowest BCUT2D eigenvalue weighted by atomic mass is 10.0. The highest BCUT2D eigenvalue weighted by atomic mass is 35.5. The van der Waals surface area contributed by atoms with Crippen LogP contribution in [0.1, 0.15) is 21.6 Å². The minimum atomic E-state index is -4.82. The van der Waals surface area contributed by atoms with Crippen molar-refractivity contribution in [3.05, 3.63) is 82.3 Å². The molecule has 9 nitrogen and oxygen atoms in total. The number of aliphatic hydroxyl groups is 1. The van der Waals surface area contributed by atoms with E-state index in [1.54, 1.807) is 21.7 Å². The second kappa shape index (κ2) is 12.3. The maximum atomic E-state index is 14.0. The SMILES string of the molecule is CN/C(=C\C(=N)C(F)(F)F)Nc1cc(-c2cc3n(c2)C[C@H](COC)N(Cc2cc(F)ccc2CO)C3=O)c(Cl)cn1. The van der Waals surface area contributed by atoms with Gasteiger partial charge >= 0.3 is 6.18 Å². The summed E-state index contributed by atoms with van der Waals surface area (Å²) in [4.78, 5) is 19.3. The van der Waals surface area contributed by atoms with Gasteiger partial charge in [0.1, 0.15) is 28.9 Å². The number of methoxy groups -OCH3 is 1. The van der Waals surface area contributed by atoms with Gasteiger partial charge in [-0.05, 0) is 35.4 Å². The van der Waals surface area contributed by atoms with Crippen LogP contribution in [0.4, 0.5) is 23.4 Å². The van der Waals surface area contributed by atoms with Crippen molar-refractivity contribution in [2.75, 3.05) is 26.1 Å². The Labute approximate surface area is 237 Å². The molecule has 14 heteroatoms. The number of pyridine rings is 1. The third-order valence-corrected chi connectivity index (χ3v) is 6.86. The first-order valence-electron chi connectivity index (χ1n) is 12.3. The molecule has 0 fully saturated rings. The molecule has 2 aromatic heterocycles. The Morgan fingerprint density at radius 2 is 2.05 bits per heavy atom. The van der Waals surface area contributed by atoms with E-state index in [1.165, 1.54) is 44.6 Å². The number of aromatic nitrogens is 2. The average Bonchev–Trinajstić information content (AvgIpc) is 3.35. The fourth-order valence-corrected chi connectivity index (χ4v) is 4.72. The highest BCUT2D eigenvalue weighted by Crippen LogP contribution is 2.33. The number of nitrogens with one attached hydrogen (secondary N) is 3. The lowest BCUT2D eigenvalue weighted by Gasteiger charge is -2.36. The fourth-order valence-electron chi connectivity index (χ4n) is 4.50. The normalized spacial score (nSPS) is 15.6. The lowest BCUT2D eigenvalue weighted by Crippen LogP contribution is -2.49. The molecule has 1 atom stereocenters. The van der Waals surface area contributed by atoms with E-state index in [2.05, 4.69) is 15.6 Å². The van der Waals surface area contributed by atoms with Crippen LogP contribution < -0.4 is 10.6 Å². The van der Waals surface area contributed by atoms with Gasteiger partial charge in [-0.15, -0.1) is 0 Å². The van der Waals surface area contributed by atoms with Crippen LogP contribution in [0.5, 0.6) is 0 Å². The standard InChI is InChI=1S/C27H27ClF4N6O3/c1-34-24(8-23(33)27(30,31)32)36-25-7-20(21(28)9-35-25)17-6-22-26(40)38(19(14-41-2)12-37(22)10-17)11-16-5-18(29)4-3-15(16)13-39/h3-10,19,33-34,39H,11-14H2,1-2H3,(H,35,36)/b24-8+,33-23?/t19-/m1/s1. The highest BCUT2D eigenvalue weighted by molar-refractivity contribution is 6.33. The number of hydrogen-bond acceptors (Lipinski definition) is 7. The van der Waals surface area contributed by atoms with Gasteiger partial charge in [-0.1, -0.05) is 17.7 Å². The van der Waals surface area contributed by atoms with Crippen molar-refractivity contribution in [1.29, 1.82) is 5.41 Å². The summed E-state index contributed by atoms with van der Waals surface area (Å²) < 4.78 is 59.6. The predicted molar refractivity (Wildman–Crippen MR) is 145 cm³/mol. The Kier molecular flexibility index (Phi) is 9.00. The third kappa shape index (κ3) is 6.69. The average molecular weight is 595 g/mol. The second-order valence-electron chi connectivity index (χ2n) is 9.27. The zero-order valence-corrected chi connectivity index (χ0v) is 22.8. The number of nitrogens with zero attached hydrogens (tertiary/aromatic N) is 3. The number of fused-ring (bicyclic) bond motifs is 1. The Hall–Kier alpha value is -3.94. The molecule has 218 valence electrons. The van der Waals surface area contributed by atoms with Crippen LogP contribution in [-0.2, 0) is 24.4 Å². The predicted octanol–water partition coefficient (Wildman–Crippen LogP) is 4.56. The number of benzene rings is 1.